The van der Waals surface area contributed by atoms with Crippen LogP contribution in [0.3, 0.4) is 0 Å². The lowest BCUT2D eigenvalue weighted by molar-refractivity contribution is 1.14. The van der Waals surface area contributed by atoms with Crippen LogP contribution in [0.25, 0.3) is 16.1 Å². The van der Waals surface area contributed by atoms with Crippen molar-refractivity contribution in [2.75, 3.05) is 0 Å². The molecule has 0 aliphatic heterocycles. The molecule has 0 amide bonds. The van der Waals surface area contributed by atoms with Gasteiger partial charge in [0.1, 0.15) is 4.34 Å². The summed E-state index contributed by atoms with van der Waals surface area (Å²) in [6.45, 7) is 0. The number of imidazole rings is 1. The zero-order valence-corrected chi connectivity index (χ0v) is 10.2. The van der Waals surface area contributed by atoms with Gasteiger partial charge in [0.05, 0.1) is 5.56 Å². The molecule has 0 spiro atoms. The van der Waals surface area contributed by atoms with E-state index in [9.17, 15) is 4.79 Å². The van der Waals surface area contributed by atoms with Crippen LogP contribution in [0.4, 0.5) is 0 Å². The topological polar surface area (TPSA) is 34.4 Å². The van der Waals surface area contributed by atoms with Gasteiger partial charge in [-0.05, 0) is 5.56 Å². The van der Waals surface area contributed by atoms with Gasteiger partial charge in [0, 0.05) is 12.4 Å². The van der Waals surface area contributed by atoms with Gasteiger partial charge < -0.3 is 0 Å². The average molecular weight is 263 g/mol. The van der Waals surface area contributed by atoms with Crippen LogP contribution in [0, 0.1) is 0 Å². The van der Waals surface area contributed by atoms with E-state index < -0.39 is 0 Å². The van der Waals surface area contributed by atoms with E-state index in [1.54, 1.807) is 12.4 Å². The maximum absolute atomic E-state index is 12.3. The van der Waals surface area contributed by atoms with Crippen molar-refractivity contribution >= 4 is 27.9 Å². The number of nitrogens with zero attached hydrogens (tertiary/aromatic N) is 2. The van der Waals surface area contributed by atoms with Crippen molar-refractivity contribution in [2.24, 2.45) is 0 Å². The molecule has 0 aliphatic carbocycles. The molecule has 0 unspecified atom stereocenters. The molecule has 0 fully saturated rings. The molecule has 0 radical (unpaired) electrons. The smallest absolute Gasteiger partial charge is 0.267 e. The molecule has 2 heterocycles. The van der Waals surface area contributed by atoms with Crippen LogP contribution < -0.4 is 5.56 Å². The first-order valence-electron chi connectivity index (χ1n) is 4.98. The third-order valence-corrected chi connectivity index (χ3v) is 3.77. The summed E-state index contributed by atoms with van der Waals surface area (Å²) >= 11 is 7.47. The fourth-order valence-electron chi connectivity index (χ4n) is 1.70. The first-order chi connectivity index (χ1) is 8.27. The molecule has 0 bridgehead atoms. The van der Waals surface area contributed by atoms with Crippen LogP contribution in [0.15, 0.2) is 47.5 Å². The highest BCUT2D eigenvalue weighted by Crippen LogP contribution is 2.29. The third kappa shape index (κ3) is 1.66. The molecule has 2 aromatic heterocycles. The SMILES string of the molecule is O=c1c(-c2ccccc2)c(Cl)sc2nccn12. The summed E-state index contributed by atoms with van der Waals surface area (Å²) in [5.74, 6) is 0. The predicted molar refractivity (Wildman–Crippen MR) is 69.8 cm³/mol. The monoisotopic (exact) mass is 262 g/mol. The molecule has 3 rings (SSSR count). The average Bonchev–Trinajstić information content (AvgIpc) is 2.78. The molecule has 0 saturated carbocycles. The van der Waals surface area contributed by atoms with Crippen molar-refractivity contribution in [2.45, 2.75) is 0 Å². The van der Waals surface area contributed by atoms with Gasteiger partial charge in [-0.25, -0.2) is 4.98 Å². The van der Waals surface area contributed by atoms with Gasteiger partial charge in [0.2, 0.25) is 0 Å². The Bertz CT molecular complexity index is 733. The summed E-state index contributed by atoms with van der Waals surface area (Å²) in [7, 11) is 0. The fourth-order valence-corrected chi connectivity index (χ4v) is 2.92. The summed E-state index contributed by atoms with van der Waals surface area (Å²) in [6, 6.07) is 9.42. The molecule has 3 nitrogen and oxygen atoms in total. The molecule has 84 valence electrons. The number of aromatic nitrogens is 2. The summed E-state index contributed by atoms with van der Waals surface area (Å²) in [4.78, 5) is 16.9. The third-order valence-electron chi connectivity index (χ3n) is 2.48. The lowest BCUT2D eigenvalue weighted by Gasteiger charge is -2.03. The zero-order valence-electron chi connectivity index (χ0n) is 8.63. The van der Waals surface area contributed by atoms with E-state index >= 15 is 0 Å². The van der Waals surface area contributed by atoms with Crippen LogP contribution in [-0.4, -0.2) is 9.38 Å². The fraction of sp³-hybridized carbons (Fsp3) is 0. The van der Waals surface area contributed by atoms with Crippen LogP contribution >= 0.6 is 22.9 Å². The Kier molecular flexibility index (Phi) is 2.46. The van der Waals surface area contributed by atoms with Crippen molar-refractivity contribution in [3.05, 3.63) is 57.4 Å². The highest BCUT2D eigenvalue weighted by molar-refractivity contribution is 7.20. The van der Waals surface area contributed by atoms with Crippen molar-refractivity contribution in [1.29, 1.82) is 0 Å². The largest absolute Gasteiger partial charge is 0.268 e. The van der Waals surface area contributed by atoms with Gasteiger partial charge in [0.15, 0.2) is 4.96 Å². The Morgan fingerprint density at radius 2 is 2.00 bits per heavy atom. The molecule has 0 N–H and O–H groups in total. The van der Waals surface area contributed by atoms with E-state index in [1.807, 2.05) is 30.3 Å². The summed E-state index contributed by atoms with van der Waals surface area (Å²) < 4.78 is 1.98. The lowest BCUT2D eigenvalue weighted by atomic mass is 10.1. The normalized spacial score (nSPS) is 10.9. The standard InChI is InChI=1S/C12H7ClN2OS/c13-10-9(8-4-2-1-3-5-8)11(16)15-7-6-14-12(15)17-10/h1-7H. The summed E-state index contributed by atoms with van der Waals surface area (Å²) in [5.41, 5.74) is 1.23. The molecule has 5 heteroatoms. The number of fused-ring (bicyclic) bond motifs is 1. The van der Waals surface area contributed by atoms with Crippen molar-refractivity contribution in [3.63, 3.8) is 0 Å². The van der Waals surface area contributed by atoms with E-state index in [-0.39, 0.29) is 5.56 Å². The Morgan fingerprint density at radius 3 is 2.76 bits per heavy atom. The minimum Gasteiger partial charge on any atom is -0.268 e. The molecule has 1 aromatic carbocycles. The van der Waals surface area contributed by atoms with E-state index in [0.717, 1.165) is 5.56 Å². The Hall–Kier alpha value is -1.65. The maximum Gasteiger partial charge on any atom is 0.267 e. The van der Waals surface area contributed by atoms with Gasteiger partial charge >= 0.3 is 0 Å². The molecule has 3 aromatic rings. The number of rotatable bonds is 1. The van der Waals surface area contributed by atoms with Crippen molar-refractivity contribution in [3.8, 4) is 11.1 Å². The van der Waals surface area contributed by atoms with Crippen molar-refractivity contribution in [1.82, 2.24) is 9.38 Å². The second-order valence-electron chi connectivity index (χ2n) is 3.50. The highest BCUT2D eigenvalue weighted by Gasteiger charge is 2.12. The Morgan fingerprint density at radius 1 is 1.24 bits per heavy atom. The van der Waals surface area contributed by atoms with Gasteiger partial charge in [0.25, 0.3) is 5.56 Å². The second-order valence-corrected chi connectivity index (χ2v) is 5.08. The van der Waals surface area contributed by atoms with Crippen LogP contribution in [0.1, 0.15) is 0 Å². The van der Waals surface area contributed by atoms with Crippen LogP contribution in [0.2, 0.25) is 4.34 Å². The molecule has 17 heavy (non-hydrogen) atoms. The molecule has 0 aliphatic rings. The first-order valence-corrected chi connectivity index (χ1v) is 6.18. The van der Waals surface area contributed by atoms with E-state index in [2.05, 4.69) is 4.98 Å². The van der Waals surface area contributed by atoms with Crippen LogP contribution in [0.5, 0.6) is 0 Å². The van der Waals surface area contributed by atoms with Crippen LogP contribution in [-0.2, 0) is 0 Å². The predicted octanol–water partition coefficient (Wildman–Crippen LogP) is 3.08. The van der Waals surface area contributed by atoms with E-state index in [4.69, 9.17) is 11.6 Å². The van der Waals surface area contributed by atoms with E-state index in [0.29, 0.717) is 14.9 Å². The Balaban J connectivity index is 2.40. The van der Waals surface area contributed by atoms with E-state index in [1.165, 1.54) is 15.7 Å². The number of hydrogen-bond donors (Lipinski definition) is 0. The molecule has 0 saturated heterocycles. The quantitative estimate of drug-likeness (QED) is 0.675. The summed E-state index contributed by atoms with van der Waals surface area (Å²) in [6.07, 6.45) is 3.25. The molecule has 0 atom stereocenters. The molecular formula is C12H7ClN2OS. The number of benzene rings is 1. The highest BCUT2D eigenvalue weighted by atomic mass is 35.5. The zero-order chi connectivity index (χ0) is 11.8. The lowest BCUT2D eigenvalue weighted by Crippen LogP contribution is -2.13. The molecular weight excluding hydrogens is 256 g/mol. The number of hydrogen-bond acceptors (Lipinski definition) is 3. The minimum atomic E-state index is -0.132. The second kappa shape index (κ2) is 3.98. The minimum absolute atomic E-state index is 0.132. The summed E-state index contributed by atoms with van der Waals surface area (Å²) in [5, 5.41) is 0. The maximum atomic E-state index is 12.3. The van der Waals surface area contributed by atoms with Gasteiger partial charge in [-0.15, -0.1) is 0 Å². The number of halogens is 1. The first kappa shape index (κ1) is 10.5. The Labute approximate surface area is 106 Å². The van der Waals surface area contributed by atoms with Gasteiger partial charge in [-0.3, -0.25) is 9.20 Å². The van der Waals surface area contributed by atoms with Crippen molar-refractivity contribution < 1.29 is 0 Å². The van der Waals surface area contributed by atoms with Gasteiger partial charge in [-0.1, -0.05) is 53.3 Å². The van der Waals surface area contributed by atoms with Gasteiger partial charge in [-0.2, -0.15) is 0 Å².